The SMILES string of the molecule is CC(Nc1nnc(CCCl)o1)c1ccsc1. The molecular formula is C10H12ClN3OS. The molecule has 2 heterocycles. The molecule has 0 aliphatic carbocycles. The molecule has 0 fully saturated rings. The average Bonchev–Trinajstić information content (AvgIpc) is 2.89. The number of aromatic nitrogens is 2. The van der Waals surface area contributed by atoms with Gasteiger partial charge in [-0.1, -0.05) is 5.10 Å². The predicted molar refractivity (Wildman–Crippen MR) is 65.1 cm³/mol. The summed E-state index contributed by atoms with van der Waals surface area (Å²) in [6.45, 7) is 2.05. The highest BCUT2D eigenvalue weighted by atomic mass is 35.5. The Bertz CT molecular complexity index is 429. The van der Waals surface area contributed by atoms with Crippen LogP contribution in [0.15, 0.2) is 21.2 Å². The van der Waals surface area contributed by atoms with Crippen molar-refractivity contribution in [1.29, 1.82) is 0 Å². The van der Waals surface area contributed by atoms with E-state index in [1.807, 2.05) is 12.3 Å². The lowest BCUT2D eigenvalue weighted by atomic mass is 10.2. The van der Waals surface area contributed by atoms with Crippen LogP contribution in [0, 0.1) is 0 Å². The Hall–Kier alpha value is -1.07. The second-order valence-corrected chi connectivity index (χ2v) is 4.52. The molecule has 2 aromatic heterocycles. The van der Waals surface area contributed by atoms with Crippen molar-refractivity contribution in [2.24, 2.45) is 0 Å². The molecule has 0 aliphatic rings. The van der Waals surface area contributed by atoms with E-state index in [4.69, 9.17) is 16.0 Å². The first-order valence-corrected chi connectivity index (χ1v) is 6.44. The van der Waals surface area contributed by atoms with Crippen molar-refractivity contribution in [3.05, 3.63) is 28.3 Å². The highest BCUT2D eigenvalue weighted by molar-refractivity contribution is 7.07. The van der Waals surface area contributed by atoms with E-state index < -0.39 is 0 Å². The Balaban J connectivity index is 1.98. The van der Waals surface area contributed by atoms with Gasteiger partial charge in [0.25, 0.3) is 0 Å². The average molecular weight is 258 g/mol. The summed E-state index contributed by atoms with van der Waals surface area (Å²) in [4.78, 5) is 0. The lowest BCUT2D eigenvalue weighted by Gasteiger charge is -2.09. The van der Waals surface area contributed by atoms with E-state index in [0.717, 1.165) is 0 Å². The number of hydrogen-bond donors (Lipinski definition) is 1. The Labute approximate surface area is 103 Å². The van der Waals surface area contributed by atoms with E-state index in [1.165, 1.54) is 5.56 Å². The zero-order valence-corrected chi connectivity index (χ0v) is 10.4. The zero-order chi connectivity index (χ0) is 11.4. The molecule has 0 spiro atoms. The minimum Gasteiger partial charge on any atom is -0.408 e. The van der Waals surface area contributed by atoms with Crippen LogP contribution in [-0.2, 0) is 6.42 Å². The van der Waals surface area contributed by atoms with Gasteiger partial charge in [-0.3, -0.25) is 0 Å². The van der Waals surface area contributed by atoms with Crippen molar-refractivity contribution in [2.75, 3.05) is 11.2 Å². The number of thiophene rings is 1. The molecule has 0 radical (unpaired) electrons. The van der Waals surface area contributed by atoms with Gasteiger partial charge in [-0.25, -0.2) is 0 Å². The highest BCUT2D eigenvalue weighted by Crippen LogP contribution is 2.20. The summed E-state index contributed by atoms with van der Waals surface area (Å²) in [5.41, 5.74) is 1.21. The highest BCUT2D eigenvalue weighted by Gasteiger charge is 2.10. The summed E-state index contributed by atoms with van der Waals surface area (Å²) < 4.78 is 5.38. The predicted octanol–water partition coefficient (Wildman–Crippen LogP) is 3.09. The van der Waals surface area contributed by atoms with Crippen LogP contribution in [0.2, 0.25) is 0 Å². The van der Waals surface area contributed by atoms with E-state index in [2.05, 4.69) is 27.0 Å². The van der Waals surface area contributed by atoms with Gasteiger partial charge in [0.05, 0.1) is 6.04 Å². The molecule has 16 heavy (non-hydrogen) atoms. The quantitative estimate of drug-likeness (QED) is 0.837. The van der Waals surface area contributed by atoms with Gasteiger partial charge in [0, 0.05) is 12.3 Å². The summed E-state index contributed by atoms with van der Waals surface area (Å²) in [7, 11) is 0. The van der Waals surface area contributed by atoms with Gasteiger partial charge in [0.15, 0.2) is 0 Å². The monoisotopic (exact) mass is 257 g/mol. The standard InChI is InChI=1S/C10H12ClN3OS/c1-7(8-3-5-16-6-8)12-10-14-13-9(15-10)2-4-11/h3,5-7H,2,4H2,1H3,(H,12,14). The van der Waals surface area contributed by atoms with Crippen molar-refractivity contribution >= 4 is 29.0 Å². The second kappa shape index (κ2) is 5.32. The van der Waals surface area contributed by atoms with E-state index in [9.17, 15) is 0 Å². The lowest BCUT2D eigenvalue weighted by Crippen LogP contribution is -2.05. The number of hydrogen-bond acceptors (Lipinski definition) is 5. The summed E-state index contributed by atoms with van der Waals surface area (Å²) in [6, 6.07) is 2.67. The van der Waals surface area contributed by atoms with E-state index >= 15 is 0 Å². The van der Waals surface area contributed by atoms with Crippen molar-refractivity contribution in [1.82, 2.24) is 10.2 Å². The van der Waals surface area contributed by atoms with E-state index in [1.54, 1.807) is 11.3 Å². The summed E-state index contributed by atoms with van der Waals surface area (Å²) in [5.74, 6) is 1.05. The van der Waals surface area contributed by atoms with Gasteiger partial charge in [0.1, 0.15) is 0 Å². The van der Waals surface area contributed by atoms with Gasteiger partial charge in [0.2, 0.25) is 5.89 Å². The molecule has 1 unspecified atom stereocenters. The number of alkyl halides is 1. The third-order valence-electron chi connectivity index (χ3n) is 2.16. The van der Waals surface area contributed by atoms with Crippen LogP contribution in [0.1, 0.15) is 24.4 Å². The Morgan fingerprint density at radius 3 is 3.12 bits per heavy atom. The Morgan fingerprint density at radius 1 is 1.56 bits per heavy atom. The fraction of sp³-hybridized carbons (Fsp3) is 0.400. The Morgan fingerprint density at radius 2 is 2.44 bits per heavy atom. The number of halogens is 1. The van der Waals surface area contributed by atoms with Crippen molar-refractivity contribution in [3.8, 4) is 0 Å². The van der Waals surface area contributed by atoms with Gasteiger partial charge in [-0.15, -0.1) is 16.7 Å². The van der Waals surface area contributed by atoms with Crippen LogP contribution in [0.5, 0.6) is 0 Å². The van der Waals surface area contributed by atoms with Crippen LogP contribution < -0.4 is 5.32 Å². The molecule has 1 atom stereocenters. The van der Waals surface area contributed by atoms with Gasteiger partial charge < -0.3 is 9.73 Å². The number of nitrogens with zero attached hydrogens (tertiary/aromatic N) is 2. The summed E-state index contributed by atoms with van der Waals surface area (Å²) in [5, 5.41) is 15.1. The molecule has 4 nitrogen and oxygen atoms in total. The minimum absolute atomic E-state index is 0.163. The maximum absolute atomic E-state index is 5.59. The zero-order valence-electron chi connectivity index (χ0n) is 8.81. The van der Waals surface area contributed by atoms with Crippen molar-refractivity contribution < 1.29 is 4.42 Å². The first-order valence-electron chi connectivity index (χ1n) is 4.96. The van der Waals surface area contributed by atoms with E-state index in [-0.39, 0.29) is 6.04 Å². The summed E-state index contributed by atoms with van der Waals surface area (Å²) in [6.07, 6.45) is 0.600. The van der Waals surface area contributed by atoms with Crippen LogP contribution in [0.4, 0.5) is 6.01 Å². The van der Waals surface area contributed by atoms with Crippen LogP contribution in [0.25, 0.3) is 0 Å². The number of rotatable bonds is 5. The Kier molecular flexibility index (Phi) is 3.79. The third-order valence-corrected chi connectivity index (χ3v) is 3.05. The van der Waals surface area contributed by atoms with Crippen LogP contribution >= 0.6 is 22.9 Å². The molecule has 2 rings (SSSR count). The maximum Gasteiger partial charge on any atom is 0.315 e. The van der Waals surface area contributed by atoms with Gasteiger partial charge in [-0.05, 0) is 29.3 Å². The fourth-order valence-electron chi connectivity index (χ4n) is 1.28. The largest absolute Gasteiger partial charge is 0.408 e. The van der Waals surface area contributed by atoms with Gasteiger partial charge >= 0.3 is 6.01 Å². The molecule has 0 aromatic carbocycles. The van der Waals surface area contributed by atoms with E-state index in [0.29, 0.717) is 24.2 Å². The summed E-state index contributed by atoms with van der Waals surface area (Å²) >= 11 is 7.25. The molecule has 0 bridgehead atoms. The minimum atomic E-state index is 0.163. The molecule has 0 saturated heterocycles. The molecule has 6 heteroatoms. The molecule has 86 valence electrons. The molecule has 0 aliphatic heterocycles. The second-order valence-electron chi connectivity index (χ2n) is 3.36. The molecule has 2 aromatic rings. The third kappa shape index (κ3) is 2.74. The van der Waals surface area contributed by atoms with Crippen LogP contribution in [-0.4, -0.2) is 16.1 Å². The topological polar surface area (TPSA) is 51.0 Å². The number of anilines is 1. The van der Waals surface area contributed by atoms with Gasteiger partial charge in [-0.2, -0.15) is 11.3 Å². The lowest BCUT2D eigenvalue weighted by molar-refractivity contribution is 0.508. The number of aryl methyl sites for hydroxylation is 1. The van der Waals surface area contributed by atoms with Crippen molar-refractivity contribution in [2.45, 2.75) is 19.4 Å². The number of nitrogens with one attached hydrogen (secondary N) is 1. The molecule has 0 saturated carbocycles. The molecule has 0 amide bonds. The fourth-order valence-corrected chi connectivity index (χ4v) is 2.20. The smallest absolute Gasteiger partial charge is 0.315 e. The normalized spacial score (nSPS) is 12.6. The van der Waals surface area contributed by atoms with Crippen molar-refractivity contribution in [3.63, 3.8) is 0 Å². The first kappa shape index (κ1) is 11.4. The first-order chi connectivity index (χ1) is 7.79. The van der Waals surface area contributed by atoms with Crippen LogP contribution in [0.3, 0.4) is 0 Å². The maximum atomic E-state index is 5.59. The molecule has 1 N–H and O–H groups in total. The molecular weight excluding hydrogens is 246 g/mol.